The van der Waals surface area contributed by atoms with Crippen LogP contribution in [-0.4, -0.2) is 62.6 Å². The monoisotopic (exact) mass is 406 g/mol. The third kappa shape index (κ3) is 8.84. The van der Waals surface area contributed by atoms with Crippen molar-refractivity contribution in [2.45, 2.75) is 12.8 Å². The van der Waals surface area contributed by atoms with Crippen LogP contribution in [-0.2, 0) is 9.59 Å². The zero-order valence-corrected chi connectivity index (χ0v) is 17.3. The summed E-state index contributed by atoms with van der Waals surface area (Å²) in [7, 11) is 7.57. The summed E-state index contributed by atoms with van der Waals surface area (Å²) in [6, 6.07) is 5.05. The maximum absolute atomic E-state index is 12.5. The van der Waals surface area contributed by atoms with E-state index in [4.69, 9.17) is 23.2 Å². The molecular formula is C18H25Cl3N2O2. The Morgan fingerprint density at radius 1 is 0.920 bits per heavy atom. The maximum atomic E-state index is 12.5. The van der Waals surface area contributed by atoms with Crippen LogP contribution >= 0.6 is 35.6 Å². The van der Waals surface area contributed by atoms with E-state index in [1.54, 1.807) is 24.3 Å². The molecule has 0 heterocycles. The second-order valence-corrected chi connectivity index (χ2v) is 7.00. The van der Waals surface area contributed by atoms with Crippen molar-refractivity contribution in [2.24, 2.45) is 0 Å². The van der Waals surface area contributed by atoms with Crippen LogP contribution in [0.4, 0.5) is 0 Å². The van der Waals surface area contributed by atoms with Gasteiger partial charge in [-0.1, -0.05) is 29.3 Å². The summed E-state index contributed by atoms with van der Waals surface area (Å²) in [5.74, 6) is -0.308. The first-order chi connectivity index (χ1) is 11.2. The molecule has 1 rings (SSSR count). The van der Waals surface area contributed by atoms with Crippen LogP contribution in [0.2, 0.25) is 10.0 Å². The number of hydrogen-bond donors (Lipinski definition) is 0. The minimum absolute atomic E-state index is 0. The highest BCUT2D eigenvalue weighted by Crippen LogP contribution is 2.24. The molecule has 0 saturated carbocycles. The van der Waals surface area contributed by atoms with Gasteiger partial charge in [0.25, 0.3) is 0 Å². The van der Waals surface area contributed by atoms with Crippen LogP contribution in [0.5, 0.6) is 0 Å². The number of allylic oxidation sites excluding steroid dienone is 1. The molecule has 0 aliphatic rings. The lowest BCUT2D eigenvalue weighted by atomic mass is 9.98. The van der Waals surface area contributed by atoms with E-state index in [-0.39, 0.29) is 29.5 Å². The number of carbonyl (C=O) groups is 2. The lowest BCUT2D eigenvalue weighted by Gasteiger charge is -2.12. The van der Waals surface area contributed by atoms with E-state index < -0.39 is 0 Å². The zero-order chi connectivity index (χ0) is 18.3. The normalized spacial score (nSPS) is 10.6. The molecule has 0 bridgehead atoms. The van der Waals surface area contributed by atoms with Crippen LogP contribution in [0.25, 0.3) is 6.08 Å². The van der Waals surface area contributed by atoms with Crippen molar-refractivity contribution in [3.63, 3.8) is 0 Å². The highest BCUT2D eigenvalue weighted by molar-refractivity contribution is 6.42. The first-order valence-corrected chi connectivity index (χ1v) is 8.49. The minimum atomic E-state index is -0.154. The number of rotatable bonds is 9. The minimum Gasteiger partial charge on any atom is -0.309 e. The van der Waals surface area contributed by atoms with Crippen LogP contribution in [0.1, 0.15) is 18.4 Å². The first kappa shape index (κ1) is 24.1. The largest absolute Gasteiger partial charge is 0.309 e. The number of carbonyl (C=O) groups excluding carboxylic acids is 2. The van der Waals surface area contributed by atoms with Crippen molar-refractivity contribution >= 4 is 53.3 Å². The van der Waals surface area contributed by atoms with Crippen molar-refractivity contribution in [3.8, 4) is 0 Å². The van der Waals surface area contributed by atoms with Crippen molar-refractivity contribution < 1.29 is 9.59 Å². The van der Waals surface area contributed by atoms with Crippen molar-refractivity contribution in [1.29, 1.82) is 0 Å². The first-order valence-electron chi connectivity index (χ1n) is 7.73. The number of nitrogens with zero attached hydrogens (tertiary/aromatic N) is 2. The van der Waals surface area contributed by atoms with Crippen LogP contribution in [0.3, 0.4) is 0 Å². The molecule has 1 aromatic carbocycles. The molecular weight excluding hydrogens is 383 g/mol. The van der Waals surface area contributed by atoms with Gasteiger partial charge in [0, 0.05) is 25.9 Å². The summed E-state index contributed by atoms with van der Waals surface area (Å²) in [4.78, 5) is 28.8. The third-order valence-electron chi connectivity index (χ3n) is 3.43. The number of benzene rings is 1. The molecule has 0 aliphatic carbocycles. The Kier molecular flexibility index (Phi) is 11.2. The van der Waals surface area contributed by atoms with E-state index in [9.17, 15) is 9.59 Å². The smallest absolute Gasteiger partial charge is 0.167 e. The van der Waals surface area contributed by atoms with Gasteiger partial charge in [-0.2, -0.15) is 0 Å². The molecule has 0 radical (unpaired) electrons. The van der Waals surface area contributed by atoms with Gasteiger partial charge in [0.2, 0.25) is 0 Å². The zero-order valence-electron chi connectivity index (χ0n) is 15.0. The van der Waals surface area contributed by atoms with Gasteiger partial charge in [0.05, 0.1) is 15.6 Å². The van der Waals surface area contributed by atoms with E-state index in [1.165, 1.54) is 0 Å². The number of ketones is 2. The number of hydrogen-bond acceptors (Lipinski definition) is 4. The van der Waals surface area contributed by atoms with Gasteiger partial charge >= 0.3 is 0 Å². The van der Waals surface area contributed by atoms with Gasteiger partial charge in [0.1, 0.15) is 0 Å². The summed E-state index contributed by atoms with van der Waals surface area (Å²) in [5, 5.41) is 0.833. The molecule has 0 saturated heterocycles. The predicted molar refractivity (Wildman–Crippen MR) is 108 cm³/mol. The molecule has 7 heteroatoms. The van der Waals surface area contributed by atoms with Crippen molar-refractivity contribution in [3.05, 3.63) is 39.4 Å². The average molecular weight is 408 g/mol. The SMILES string of the molecule is CN(C)CCC(=O)C(=Cc1ccc(Cl)c(Cl)c1)C(=O)CCN(C)C.Cl. The van der Waals surface area contributed by atoms with Gasteiger partial charge in [0.15, 0.2) is 11.6 Å². The quantitative estimate of drug-likeness (QED) is 0.354. The molecule has 1 aromatic rings. The van der Waals surface area contributed by atoms with Crippen molar-refractivity contribution in [1.82, 2.24) is 9.80 Å². The van der Waals surface area contributed by atoms with E-state index in [0.717, 1.165) is 0 Å². The molecule has 0 aliphatic heterocycles. The third-order valence-corrected chi connectivity index (χ3v) is 4.17. The summed E-state index contributed by atoms with van der Waals surface area (Å²) >= 11 is 11.9. The summed E-state index contributed by atoms with van der Waals surface area (Å²) < 4.78 is 0. The van der Waals surface area contributed by atoms with Gasteiger partial charge in [-0.15, -0.1) is 12.4 Å². The van der Waals surface area contributed by atoms with E-state index >= 15 is 0 Å². The number of Topliss-reactive ketones (excluding diaryl/α,β-unsaturated/α-hetero) is 2. The molecule has 140 valence electrons. The van der Waals surface area contributed by atoms with Gasteiger partial charge in [-0.05, 0) is 52.0 Å². The second kappa shape index (κ2) is 11.7. The Balaban J connectivity index is 0.00000576. The van der Waals surface area contributed by atoms with Gasteiger partial charge in [-0.25, -0.2) is 0 Å². The Morgan fingerprint density at radius 3 is 1.80 bits per heavy atom. The molecule has 0 amide bonds. The Hall–Kier alpha value is -0.910. The Bertz CT molecular complexity index is 603. The van der Waals surface area contributed by atoms with Crippen LogP contribution in [0, 0.1) is 0 Å². The Morgan fingerprint density at radius 2 is 1.40 bits per heavy atom. The average Bonchev–Trinajstić information content (AvgIpc) is 2.51. The van der Waals surface area contributed by atoms with Crippen LogP contribution < -0.4 is 0 Å². The molecule has 0 spiro atoms. The predicted octanol–water partition coefficient (Wildman–Crippen LogP) is 3.84. The van der Waals surface area contributed by atoms with E-state index in [1.807, 2.05) is 38.0 Å². The fourth-order valence-corrected chi connectivity index (χ4v) is 2.31. The highest BCUT2D eigenvalue weighted by atomic mass is 35.5. The van der Waals surface area contributed by atoms with E-state index in [0.29, 0.717) is 41.5 Å². The molecule has 0 aromatic heterocycles. The van der Waals surface area contributed by atoms with Crippen LogP contribution in [0.15, 0.2) is 23.8 Å². The molecule has 0 atom stereocenters. The summed E-state index contributed by atoms with van der Waals surface area (Å²) in [5.41, 5.74) is 0.910. The molecule has 4 nitrogen and oxygen atoms in total. The molecule has 0 N–H and O–H groups in total. The topological polar surface area (TPSA) is 40.6 Å². The maximum Gasteiger partial charge on any atom is 0.167 e. The number of halogens is 3. The molecule has 0 unspecified atom stereocenters. The van der Waals surface area contributed by atoms with Gasteiger partial charge < -0.3 is 9.80 Å². The summed E-state index contributed by atoms with van der Waals surface area (Å²) in [6.45, 7) is 1.19. The van der Waals surface area contributed by atoms with Crippen molar-refractivity contribution in [2.75, 3.05) is 41.3 Å². The molecule has 25 heavy (non-hydrogen) atoms. The summed E-state index contributed by atoms with van der Waals surface area (Å²) in [6.07, 6.45) is 2.21. The standard InChI is InChI=1S/C18H24Cl2N2O2.ClH/c1-21(2)9-7-17(23)14(18(24)8-10-22(3)4)11-13-5-6-15(19)16(20)12-13;/h5-6,11-12H,7-10H2,1-4H3;1H. The fraction of sp³-hybridized carbons (Fsp3) is 0.444. The van der Waals surface area contributed by atoms with E-state index in [2.05, 4.69) is 0 Å². The fourth-order valence-electron chi connectivity index (χ4n) is 2.00. The Labute approximate surface area is 166 Å². The lowest BCUT2D eigenvalue weighted by Crippen LogP contribution is -2.23. The second-order valence-electron chi connectivity index (χ2n) is 6.18. The lowest BCUT2D eigenvalue weighted by molar-refractivity contribution is -0.121. The highest BCUT2D eigenvalue weighted by Gasteiger charge is 2.18. The molecule has 0 fully saturated rings. The van der Waals surface area contributed by atoms with Gasteiger partial charge in [-0.3, -0.25) is 9.59 Å².